The number of carboxylic acids is 1. The number of hydrogen-bond acceptors (Lipinski definition) is 3. The van der Waals surface area contributed by atoms with Crippen LogP contribution in [0.3, 0.4) is 0 Å². The van der Waals surface area contributed by atoms with Gasteiger partial charge in [-0.25, -0.2) is 4.79 Å². The lowest BCUT2D eigenvalue weighted by Gasteiger charge is -2.27. The highest BCUT2D eigenvalue weighted by Gasteiger charge is 2.27. The Balaban J connectivity index is 2.07. The monoisotopic (exact) mass is 330 g/mol. The van der Waals surface area contributed by atoms with Crippen LogP contribution in [0.2, 0.25) is 0 Å². The summed E-state index contributed by atoms with van der Waals surface area (Å²) >= 11 is 0. The van der Waals surface area contributed by atoms with Gasteiger partial charge in [0.05, 0.1) is 5.56 Å². The molecule has 122 valence electrons. The molecule has 0 fully saturated rings. The van der Waals surface area contributed by atoms with Crippen molar-refractivity contribution in [3.8, 4) is 5.75 Å². The number of fused-ring (bicyclic) bond motifs is 2. The van der Waals surface area contributed by atoms with Crippen molar-refractivity contribution in [3.63, 3.8) is 0 Å². The van der Waals surface area contributed by atoms with Gasteiger partial charge in [0.2, 0.25) is 0 Å². The van der Waals surface area contributed by atoms with Gasteiger partial charge in [-0.2, -0.15) is 0 Å². The maximum atomic E-state index is 11.8. The molecule has 0 unspecified atom stereocenters. The second-order valence-corrected chi connectivity index (χ2v) is 6.06. The SMILES string of the molecule is O=C1C=CC2=C(c3ccccc3C(=O)O)c3ccc(O)cc3CC2=C1. The Morgan fingerprint density at radius 2 is 1.80 bits per heavy atom. The van der Waals surface area contributed by atoms with Crippen LogP contribution < -0.4 is 0 Å². The number of allylic oxidation sites excluding steroid dienone is 5. The second-order valence-electron chi connectivity index (χ2n) is 6.06. The van der Waals surface area contributed by atoms with Gasteiger partial charge in [0.25, 0.3) is 0 Å². The van der Waals surface area contributed by atoms with Crippen LogP contribution in [0.1, 0.15) is 27.0 Å². The molecular formula is C21H14O4. The molecule has 4 rings (SSSR count). The van der Waals surface area contributed by atoms with E-state index < -0.39 is 5.97 Å². The number of carboxylic acid groups (broad SMARTS) is 1. The molecule has 0 amide bonds. The Labute approximate surface area is 144 Å². The summed E-state index contributed by atoms with van der Waals surface area (Å²) in [7, 11) is 0. The van der Waals surface area contributed by atoms with Crippen molar-refractivity contribution in [2.45, 2.75) is 6.42 Å². The molecule has 4 nitrogen and oxygen atoms in total. The van der Waals surface area contributed by atoms with Gasteiger partial charge in [-0.15, -0.1) is 0 Å². The van der Waals surface area contributed by atoms with E-state index in [4.69, 9.17) is 0 Å². The molecule has 2 aliphatic carbocycles. The summed E-state index contributed by atoms with van der Waals surface area (Å²) < 4.78 is 0. The van der Waals surface area contributed by atoms with Gasteiger partial charge in [-0.05, 0) is 70.2 Å². The molecule has 2 aromatic rings. The average Bonchev–Trinajstić information content (AvgIpc) is 2.59. The third-order valence-electron chi connectivity index (χ3n) is 4.51. The average molecular weight is 330 g/mol. The maximum Gasteiger partial charge on any atom is 0.336 e. The first kappa shape index (κ1) is 15.1. The molecule has 2 N–H and O–H groups in total. The summed E-state index contributed by atoms with van der Waals surface area (Å²) in [6, 6.07) is 11.9. The van der Waals surface area contributed by atoms with Gasteiger partial charge in [0.1, 0.15) is 5.75 Å². The maximum absolute atomic E-state index is 11.8. The predicted octanol–water partition coefficient (Wildman–Crippen LogP) is 3.51. The van der Waals surface area contributed by atoms with Crippen LogP contribution in [-0.4, -0.2) is 22.0 Å². The molecule has 4 heteroatoms. The Bertz CT molecular complexity index is 1020. The summed E-state index contributed by atoms with van der Waals surface area (Å²) in [6.07, 6.45) is 5.34. The van der Waals surface area contributed by atoms with Crippen molar-refractivity contribution in [1.29, 1.82) is 0 Å². The molecule has 0 atom stereocenters. The Morgan fingerprint density at radius 3 is 2.60 bits per heavy atom. The van der Waals surface area contributed by atoms with Crippen LogP contribution in [0, 0.1) is 0 Å². The second kappa shape index (κ2) is 5.60. The Hall–Kier alpha value is -3.40. The van der Waals surface area contributed by atoms with Crippen LogP contribution in [0.5, 0.6) is 5.75 Å². The van der Waals surface area contributed by atoms with E-state index in [1.165, 1.54) is 6.08 Å². The zero-order valence-electron chi connectivity index (χ0n) is 13.2. The number of ketones is 1. The number of hydrogen-bond donors (Lipinski definition) is 2. The van der Waals surface area contributed by atoms with Gasteiger partial charge < -0.3 is 10.2 Å². The lowest BCUT2D eigenvalue weighted by Crippen LogP contribution is -2.14. The van der Waals surface area contributed by atoms with Gasteiger partial charge in [0, 0.05) is 0 Å². The number of phenols is 1. The highest BCUT2D eigenvalue weighted by Crippen LogP contribution is 2.42. The lowest BCUT2D eigenvalue weighted by molar-refractivity contribution is -0.110. The van der Waals surface area contributed by atoms with Crippen LogP contribution >= 0.6 is 0 Å². The van der Waals surface area contributed by atoms with Crippen LogP contribution in [0.15, 0.2) is 71.8 Å². The minimum Gasteiger partial charge on any atom is -0.508 e. The smallest absolute Gasteiger partial charge is 0.336 e. The van der Waals surface area contributed by atoms with E-state index in [-0.39, 0.29) is 17.1 Å². The summed E-state index contributed by atoms with van der Waals surface area (Å²) in [5, 5.41) is 19.4. The van der Waals surface area contributed by atoms with Crippen molar-refractivity contribution >= 4 is 17.3 Å². The number of rotatable bonds is 2. The zero-order valence-corrected chi connectivity index (χ0v) is 13.2. The minimum atomic E-state index is -1.00. The molecule has 0 aromatic heterocycles. The first-order chi connectivity index (χ1) is 12.0. The molecule has 0 saturated heterocycles. The van der Waals surface area contributed by atoms with Crippen molar-refractivity contribution < 1.29 is 19.8 Å². The van der Waals surface area contributed by atoms with Gasteiger partial charge in [0.15, 0.2) is 5.78 Å². The van der Waals surface area contributed by atoms with Crippen LogP contribution in [0.4, 0.5) is 0 Å². The summed E-state index contributed by atoms with van der Waals surface area (Å²) in [5.41, 5.74) is 5.00. The van der Waals surface area contributed by atoms with Crippen molar-refractivity contribution in [1.82, 2.24) is 0 Å². The number of aromatic hydroxyl groups is 1. The molecular weight excluding hydrogens is 316 g/mol. The Kier molecular flexibility index (Phi) is 3.39. The normalized spacial score (nSPS) is 15.5. The summed E-state index contributed by atoms with van der Waals surface area (Å²) in [5.74, 6) is -0.949. The fourth-order valence-corrected chi connectivity index (χ4v) is 3.46. The third kappa shape index (κ3) is 2.48. The first-order valence-electron chi connectivity index (χ1n) is 7.87. The number of carbonyl (C=O) groups excluding carboxylic acids is 1. The van der Waals surface area contributed by atoms with E-state index in [1.54, 1.807) is 54.6 Å². The molecule has 0 aliphatic heterocycles. The molecule has 2 aromatic carbocycles. The molecule has 0 radical (unpaired) electrons. The minimum absolute atomic E-state index is 0.0896. The fourth-order valence-electron chi connectivity index (χ4n) is 3.46. The topological polar surface area (TPSA) is 74.6 Å². The molecule has 2 aliphatic rings. The number of phenolic OH excluding ortho intramolecular Hbond substituents is 1. The third-order valence-corrected chi connectivity index (χ3v) is 4.51. The molecule has 0 bridgehead atoms. The fraction of sp³-hybridized carbons (Fsp3) is 0.0476. The largest absolute Gasteiger partial charge is 0.508 e. The molecule has 25 heavy (non-hydrogen) atoms. The molecule has 0 heterocycles. The van der Waals surface area contributed by atoms with Gasteiger partial charge in [-0.3, -0.25) is 4.79 Å². The molecule has 0 spiro atoms. The summed E-state index contributed by atoms with van der Waals surface area (Å²) in [4.78, 5) is 23.5. The van der Waals surface area contributed by atoms with Gasteiger partial charge >= 0.3 is 5.97 Å². The van der Waals surface area contributed by atoms with Crippen LogP contribution in [-0.2, 0) is 11.2 Å². The van der Waals surface area contributed by atoms with E-state index in [1.807, 2.05) is 0 Å². The van der Waals surface area contributed by atoms with E-state index in [0.29, 0.717) is 12.0 Å². The number of benzene rings is 2. The first-order valence-corrected chi connectivity index (χ1v) is 7.87. The van der Waals surface area contributed by atoms with Gasteiger partial charge in [-0.1, -0.05) is 30.3 Å². The zero-order chi connectivity index (χ0) is 17.6. The van der Waals surface area contributed by atoms with Crippen molar-refractivity contribution in [2.24, 2.45) is 0 Å². The number of aromatic carboxylic acids is 1. The van der Waals surface area contributed by atoms with Crippen molar-refractivity contribution in [3.05, 3.63) is 94.1 Å². The highest BCUT2D eigenvalue weighted by atomic mass is 16.4. The summed E-state index contributed by atoms with van der Waals surface area (Å²) in [6.45, 7) is 0. The van der Waals surface area contributed by atoms with E-state index in [2.05, 4.69) is 0 Å². The van der Waals surface area contributed by atoms with Crippen LogP contribution in [0.25, 0.3) is 5.57 Å². The van der Waals surface area contributed by atoms with Crippen molar-refractivity contribution in [2.75, 3.05) is 0 Å². The Morgan fingerprint density at radius 1 is 1.00 bits per heavy atom. The predicted molar refractivity (Wildman–Crippen MR) is 93.5 cm³/mol. The highest BCUT2D eigenvalue weighted by molar-refractivity contribution is 6.06. The van der Waals surface area contributed by atoms with E-state index in [0.717, 1.165) is 27.8 Å². The lowest BCUT2D eigenvalue weighted by atomic mass is 9.76. The van der Waals surface area contributed by atoms with E-state index in [9.17, 15) is 19.8 Å². The quantitative estimate of drug-likeness (QED) is 0.883. The number of carbonyl (C=O) groups is 2. The van der Waals surface area contributed by atoms with E-state index >= 15 is 0 Å². The standard InChI is InChI=1S/C21H14O4/c22-14-5-7-16-12(10-14)9-13-11-15(23)6-8-17(13)20(16)18-3-1-2-4-19(18)21(24)25/h1-8,10-11,22H,9H2,(H,24,25). The molecule has 0 saturated carbocycles.